The molecule has 100 valence electrons. The van der Waals surface area contributed by atoms with E-state index in [-0.39, 0.29) is 5.88 Å². The van der Waals surface area contributed by atoms with Crippen LogP contribution in [0, 0.1) is 6.92 Å². The number of rotatable bonds is 5. The predicted molar refractivity (Wildman–Crippen MR) is 60.4 cm³/mol. The van der Waals surface area contributed by atoms with Gasteiger partial charge in [0.25, 0.3) is 0 Å². The average Bonchev–Trinajstić information content (AvgIpc) is 3.08. The summed E-state index contributed by atoms with van der Waals surface area (Å²) in [5.74, 6) is 0.0139. The lowest BCUT2D eigenvalue weighted by atomic mass is 10.2. The van der Waals surface area contributed by atoms with Crippen LogP contribution in [0.5, 0.6) is 5.88 Å². The number of nitrogens with zero attached hydrogens (tertiary/aromatic N) is 1. The number of aryl methyl sites for hydroxylation is 1. The van der Waals surface area contributed by atoms with E-state index in [0.717, 1.165) is 5.56 Å². The van der Waals surface area contributed by atoms with E-state index in [1.165, 1.54) is 18.9 Å². The van der Waals surface area contributed by atoms with Gasteiger partial charge in [0.05, 0.1) is 0 Å². The number of hydrogen-bond acceptors (Lipinski definition) is 3. The number of pyridine rings is 1. The second-order valence-electron chi connectivity index (χ2n) is 4.45. The fraction of sp³-hybridized carbons (Fsp3) is 0.583. The fourth-order valence-corrected chi connectivity index (χ4v) is 1.53. The minimum Gasteiger partial charge on any atom is -0.468 e. The van der Waals surface area contributed by atoms with Crippen LogP contribution in [-0.4, -0.2) is 23.8 Å². The maximum atomic E-state index is 12.0. The number of alkyl halides is 3. The third kappa shape index (κ3) is 4.18. The van der Waals surface area contributed by atoms with Crippen molar-refractivity contribution in [3.05, 3.63) is 23.4 Å². The Hall–Kier alpha value is -1.30. The minimum atomic E-state index is -4.33. The smallest absolute Gasteiger partial charge is 0.422 e. The number of aromatic nitrogens is 1. The lowest BCUT2D eigenvalue weighted by molar-refractivity contribution is -0.154. The van der Waals surface area contributed by atoms with Crippen LogP contribution in [0.3, 0.4) is 0 Å². The van der Waals surface area contributed by atoms with Gasteiger partial charge in [-0.2, -0.15) is 13.2 Å². The van der Waals surface area contributed by atoms with E-state index >= 15 is 0 Å². The summed E-state index contributed by atoms with van der Waals surface area (Å²) in [6, 6.07) is 3.82. The van der Waals surface area contributed by atoms with E-state index in [1.54, 1.807) is 13.0 Å². The maximum Gasteiger partial charge on any atom is 0.422 e. The van der Waals surface area contributed by atoms with Gasteiger partial charge in [0, 0.05) is 24.3 Å². The molecule has 0 atom stereocenters. The first-order chi connectivity index (χ1) is 8.44. The van der Waals surface area contributed by atoms with E-state index in [0.29, 0.717) is 18.3 Å². The van der Waals surface area contributed by atoms with Gasteiger partial charge in [-0.1, -0.05) is 6.07 Å². The minimum absolute atomic E-state index is 0.0139. The topological polar surface area (TPSA) is 34.1 Å². The zero-order valence-corrected chi connectivity index (χ0v) is 10.0. The van der Waals surface area contributed by atoms with Crippen molar-refractivity contribution in [3.8, 4) is 5.88 Å². The molecule has 0 spiro atoms. The Morgan fingerprint density at radius 3 is 2.67 bits per heavy atom. The van der Waals surface area contributed by atoms with E-state index in [9.17, 15) is 13.2 Å². The van der Waals surface area contributed by atoms with Crippen molar-refractivity contribution in [2.45, 2.75) is 38.5 Å². The van der Waals surface area contributed by atoms with Gasteiger partial charge in [-0.25, -0.2) is 4.98 Å². The maximum absolute atomic E-state index is 12.0. The second kappa shape index (κ2) is 5.14. The van der Waals surface area contributed by atoms with Gasteiger partial charge in [-0.05, 0) is 25.3 Å². The average molecular weight is 260 g/mol. The molecule has 0 saturated heterocycles. The molecule has 2 rings (SSSR count). The zero-order valence-electron chi connectivity index (χ0n) is 10.0. The second-order valence-corrected chi connectivity index (χ2v) is 4.45. The molecule has 1 aliphatic rings. The summed E-state index contributed by atoms with van der Waals surface area (Å²) in [6.45, 7) is 1.16. The monoisotopic (exact) mass is 260 g/mol. The Labute approximate surface area is 103 Å². The van der Waals surface area contributed by atoms with E-state index in [4.69, 9.17) is 0 Å². The number of hydrogen-bond donors (Lipinski definition) is 1. The molecule has 6 heteroatoms. The first-order valence-electron chi connectivity index (χ1n) is 5.83. The summed E-state index contributed by atoms with van der Waals surface area (Å²) in [7, 11) is 0. The van der Waals surface area contributed by atoms with Gasteiger partial charge in [0.1, 0.15) is 0 Å². The first-order valence-corrected chi connectivity index (χ1v) is 5.83. The lowest BCUT2D eigenvalue weighted by Crippen LogP contribution is -2.20. The summed E-state index contributed by atoms with van der Waals surface area (Å²) in [5.41, 5.74) is 1.68. The molecule has 0 aliphatic heterocycles. The van der Waals surface area contributed by atoms with Gasteiger partial charge in [0.2, 0.25) is 5.88 Å². The van der Waals surface area contributed by atoms with Crippen LogP contribution in [-0.2, 0) is 6.54 Å². The van der Waals surface area contributed by atoms with Crippen LogP contribution in [0.15, 0.2) is 12.1 Å². The molecule has 1 saturated carbocycles. The Kier molecular flexibility index (Phi) is 3.75. The highest BCUT2D eigenvalue weighted by Crippen LogP contribution is 2.21. The number of halogens is 3. The zero-order chi connectivity index (χ0) is 13.2. The van der Waals surface area contributed by atoms with Crippen molar-refractivity contribution in [1.82, 2.24) is 10.3 Å². The quantitative estimate of drug-likeness (QED) is 0.883. The van der Waals surface area contributed by atoms with Crippen molar-refractivity contribution in [2.24, 2.45) is 0 Å². The molecule has 1 aromatic heterocycles. The van der Waals surface area contributed by atoms with Gasteiger partial charge < -0.3 is 10.1 Å². The van der Waals surface area contributed by atoms with Crippen molar-refractivity contribution >= 4 is 0 Å². The third-order valence-electron chi connectivity index (χ3n) is 2.71. The molecule has 1 heterocycles. The van der Waals surface area contributed by atoms with E-state index in [2.05, 4.69) is 15.0 Å². The van der Waals surface area contributed by atoms with Gasteiger partial charge >= 0.3 is 6.18 Å². The molecule has 0 radical (unpaired) electrons. The van der Waals surface area contributed by atoms with Crippen molar-refractivity contribution in [1.29, 1.82) is 0 Å². The van der Waals surface area contributed by atoms with Crippen LogP contribution >= 0.6 is 0 Å². The molecule has 0 amide bonds. The fourth-order valence-electron chi connectivity index (χ4n) is 1.53. The van der Waals surface area contributed by atoms with Crippen LogP contribution in [0.25, 0.3) is 0 Å². The highest BCUT2D eigenvalue weighted by molar-refractivity contribution is 5.25. The van der Waals surface area contributed by atoms with Crippen molar-refractivity contribution in [2.75, 3.05) is 6.61 Å². The SMILES string of the molecule is Cc1nc(OCC(F)(F)F)ccc1CNC1CC1. The van der Waals surface area contributed by atoms with E-state index in [1.807, 2.05) is 0 Å². The normalized spacial score (nSPS) is 15.8. The van der Waals surface area contributed by atoms with Crippen molar-refractivity contribution in [3.63, 3.8) is 0 Å². The number of nitrogens with one attached hydrogen (secondary N) is 1. The molecule has 18 heavy (non-hydrogen) atoms. The summed E-state index contributed by atoms with van der Waals surface area (Å²) in [6.07, 6.45) is -1.94. The lowest BCUT2D eigenvalue weighted by Gasteiger charge is -2.11. The molecule has 1 aliphatic carbocycles. The van der Waals surface area contributed by atoms with E-state index < -0.39 is 12.8 Å². The largest absolute Gasteiger partial charge is 0.468 e. The van der Waals surface area contributed by atoms with Crippen LogP contribution in [0.4, 0.5) is 13.2 Å². The summed E-state index contributed by atoms with van der Waals surface area (Å²) in [4.78, 5) is 4.01. The van der Waals surface area contributed by atoms with Crippen molar-refractivity contribution < 1.29 is 17.9 Å². The highest BCUT2D eigenvalue weighted by Gasteiger charge is 2.28. The molecule has 1 fully saturated rings. The molecule has 1 N–H and O–H groups in total. The molecule has 3 nitrogen and oxygen atoms in total. The standard InChI is InChI=1S/C12H15F3N2O/c1-8-9(6-16-10-3-4-10)2-5-11(17-8)18-7-12(13,14)15/h2,5,10,16H,3-4,6-7H2,1H3. The first kappa shape index (κ1) is 13.1. The third-order valence-corrected chi connectivity index (χ3v) is 2.71. The van der Waals surface area contributed by atoms with Gasteiger partial charge in [-0.3, -0.25) is 0 Å². The molecule has 1 aromatic rings. The summed E-state index contributed by atoms with van der Waals surface area (Å²) < 4.78 is 40.5. The molecule has 0 unspecified atom stereocenters. The van der Waals surface area contributed by atoms with Gasteiger partial charge in [-0.15, -0.1) is 0 Å². The van der Waals surface area contributed by atoms with Gasteiger partial charge in [0.15, 0.2) is 6.61 Å². The highest BCUT2D eigenvalue weighted by atomic mass is 19.4. The Morgan fingerprint density at radius 1 is 1.39 bits per heavy atom. The Morgan fingerprint density at radius 2 is 2.11 bits per heavy atom. The van der Waals surface area contributed by atoms with Crippen LogP contribution in [0.1, 0.15) is 24.1 Å². The predicted octanol–water partition coefficient (Wildman–Crippen LogP) is 2.58. The summed E-state index contributed by atoms with van der Waals surface area (Å²) in [5, 5.41) is 3.33. The molecule has 0 bridgehead atoms. The van der Waals surface area contributed by atoms with Crippen LogP contribution < -0.4 is 10.1 Å². The van der Waals surface area contributed by atoms with Crippen LogP contribution in [0.2, 0.25) is 0 Å². The molecular formula is C12H15F3N2O. The number of ether oxygens (including phenoxy) is 1. The molecule has 0 aromatic carbocycles. The summed E-state index contributed by atoms with van der Waals surface area (Å²) >= 11 is 0. The Bertz CT molecular complexity index is 416. The Balaban J connectivity index is 1.91. The molecular weight excluding hydrogens is 245 g/mol.